The molecule has 0 fully saturated rings. The van der Waals surface area contributed by atoms with Crippen LogP contribution in [0.2, 0.25) is 0 Å². The first kappa shape index (κ1) is 15.5. The molecule has 1 unspecified atom stereocenters. The van der Waals surface area contributed by atoms with E-state index in [1.807, 2.05) is 26.0 Å². The molecule has 1 atom stereocenters. The molecule has 1 aromatic carbocycles. The van der Waals surface area contributed by atoms with Crippen LogP contribution in [-0.2, 0) is 6.18 Å². The van der Waals surface area contributed by atoms with Gasteiger partial charge in [0.25, 0.3) is 0 Å². The van der Waals surface area contributed by atoms with Gasteiger partial charge in [-0.25, -0.2) is 0 Å². The number of rotatable bonds is 4. The maximum Gasteiger partial charge on any atom is 0.416 e. The second-order valence-electron chi connectivity index (χ2n) is 4.82. The molecule has 0 bridgehead atoms. The molecule has 0 spiro atoms. The first-order valence-corrected chi connectivity index (χ1v) is 6.75. The van der Waals surface area contributed by atoms with Gasteiger partial charge in [0, 0.05) is 6.20 Å². The Kier molecular flexibility index (Phi) is 4.63. The number of aromatic nitrogens is 1. The van der Waals surface area contributed by atoms with Crippen molar-refractivity contribution in [2.24, 2.45) is 0 Å². The van der Waals surface area contributed by atoms with Crippen molar-refractivity contribution >= 4 is 0 Å². The Morgan fingerprint density at radius 2 is 1.81 bits per heavy atom. The molecule has 2 nitrogen and oxygen atoms in total. The van der Waals surface area contributed by atoms with Crippen LogP contribution < -0.4 is 5.32 Å². The molecule has 2 rings (SSSR count). The highest BCUT2D eigenvalue weighted by Gasteiger charge is 2.30. The first-order valence-electron chi connectivity index (χ1n) is 6.75. The van der Waals surface area contributed by atoms with E-state index in [2.05, 4.69) is 10.3 Å². The molecule has 0 saturated heterocycles. The lowest BCUT2D eigenvalue weighted by atomic mass is 9.98. The molecular formula is C16H17F3N2. The van der Waals surface area contributed by atoms with E-state index in [1.165, 1.54) is 12.1 Å². The summed E-state index contributed by atoms with van der Waals surface area (Å²) in [6.07, 6.45) is -2.62. The monoisotopic (exact) mass is 294 g/mol. The van der Waals surface area contributed by atoms with Crippen LogP contribution in [0, 0.1) is 6.92 Å². The molecule has 5 heteroatoms. The second kappa shape index (κ2) is 6.26. The summed E-state index contributed by atoms with van der Waals surface area (Å²) in [4.78, 5) is 4.36. The normalized spacial score (nSPS) is 13.2. The Morgan fingerprint density at radius 1 is 1.14 bits per heavy atom. The number of hydrogen-bond acceptors (Lipinski definition) is 2. The summed E-state index contributed by atoms with van der Waals surface area (Å²) >= 11 is 0. The van der Waals surface area contributed by atoms with Crippen LogP contribution in [0.4, 0.5) is 13.2 Å². The van der Waals surface area contributed by atoms with Gasteiger partial charge in [0.15, 0.2) is 0 Å². The van der Waals surface area contributed by atoms with Crippen LogP contribution in [0.25, 0.3) is 0 Å². The molecule has 1 aromatic heterocycles. The van der Waals surface area contributed by atoms with E-state index in [1.54, 1.807) is 6.20 Å². The van der Waals surface area contributed by atoms with Crippen LogP contribution in [0.15, 0.2) is 42.6 Å². The number of pyridine rings is 1. The molecular weight excluding hydrogens is 277 g/mol. The molecule has 112 valence electrons. The number of nitrogens with zero attached hydrogens (tertiary/aromatic N) is 1. The van der Waals surface area contributed by atoms with Crippen molar-refractivity contribution < 1.29 is 13.2 Å². The molecule has 1 heterocycles. The molecule has 0 aliphatic carbocycles. The third kappa shape index (κ3) is 3.61. The van der Waals surface area contributed by atoms with Crippen LogP contribution in [-0.4, -0.2) is 11.5 Å². The number of nitrogens with one attached hydrogen (secondary N) is 1. The zero-order valence-electron chi connectivity index (χ0n) is 11.9. The molecule has 0 aliphatic heterocycles. The fourth-order valence-corrected chi connectivity index (χ4v) is 2.24. The highest BCUT2D eigenvalue weighted by Crippen LogP contribution is 2.31. The topological polar surface area (TPSA) is 24.9 Å². The van der Waals surface area contributed by atoms with Gasteiger partial charge >= 0.3 is 6.18 Å². The van der Waals surface area contributed by atoms with E-state index in [9.17, 15) is 13.2 Å². The number of aryl methyl sites for hydroxylation is 1. The molecule has 0 saturated carbocycles. The largest absolute Gasteiger partial charge is 0.416 e. The van der Waals surface area contributed by atoms with Crippen molar-refractivity contribution in [2.45, 2.75) is 26.1 Å². The summed E-state index contributed by atoms with van der Waals surface area (Å²) in [5.74, 6) is 0. The van der Waals surface area contributed by atoms with Gasteiger partial charge in [0.2, 0.25) is 0 Å². The van der Waals surface area contributed by atoms with E-state index >= 15 is 0 Å². The van der Waals surface area contributed by atoms with E-state index in [0.29, 0.717) is 6.54 Å². The zero-order valence-corrected chi connectivity index (χ0v) is 11.9. The van der Waals surface area contributed by atoms with Crippen molar-refractivity contribution in [1.82, 2.24) is 10.3 Å². The predicted octanol–water partition coefficient (Wildman–Crippen LogP) is 4.11. The van der Waals surface area contributed by atoms with Gasteiger partial charge in [-0.15, -0.1) is 0 Å². The molecule has 0 radical (unpaired) electrons. The predicted molar refractivity (Wildman–Crippen MR) is 75.9 cm³/mol. The van der Waals surface area contributed by atoms with Crippen molar-refractivity contribution in [2.75, 3.05) is 6.54 Å². The zero-order chi connectivity index (χ0) is 15.5. The Hall–Kier alpha value is -1.88. The molecule has 1 N–H and O–H groups in total. The molecule has 2 aromatic rings. The fraction of sp³-hybridized carbons (Fsp3) is 0.312. The van der Waals surface area contributed by atoms with Crippen LogP contribution in [0.5, 0.6) is 0 Å². The minimum Gasteiger partial charge on any atom is -0.305 e. The van der Waals surface area contributed by atoms with Crippen LogP contribution in [0.3, 0.4) is 0 Å². The van der Waals surface area contributed by atoms with Gasteiger partial charge in [-0.3, -0.25) is 4.98 Å². The lowest BCUT2D eigenvalue weighted by molar-refractivity contribution is -0.137. The number of hydrogen-bond donors (Lipinski definition) is 1. The molecule has 21 heavy (non-hydrogen) atoms. The molecule has 0 aliphatic rings. The minimum atomic E-state index is -4.31. The Morgan fingerprint density at radius 3 is 2.33 bits per heavy atom. The van der Waals surface area contributed by atoms with Crippen molar-refractivity contribution in [3.63, 3.8) is 0 Å². The summed E-state index contributed by atoms with van der Waals surface area (Å²) in [6, 6.07) is 8.80. The summed E-state index contributed by atoms with van der Waals surface area (Å²) in [7, 11) is 0. The Balaban J connectivity index is 2.37. The first-order chi connectivity index (χ1) is 9.93. The van der Waals surface area contributed by atoms with Gasteiger partial charge in [-0.2, -0.15) is 13.2 Å². The van der Waals surface area contributed by atoms with Gasteiger partial charge < -0.3 is 5.32 Å². The number of alkyl halides is 3. The van der Waals surface area contributed by atoms with E-state index in [4.69, 9.17) is 0 Å². The Labute approximate surface area is 122 Å². The second-order valence-corrected chi connectivity index (χ2v) is 4.82. The van der Waals surface area contributed by atoms with E-state index in [0.717, 1.165) is 29.0 Å². The van der Waals surface area contributed by atoms with Gasteiger partial charge in [-0.1, -0.05) is 25.1 Å². The lowest BCUT2D eigenvalue weighted by Gasteiger charge is -2.20. The number of benzene rings is 1. The average Bonchev–Trinajstić information content (AvgIpc) is 2.45. The summed E-state index contributed by atoms with van der Waals surface area (Å²) < 4.78 is 37.9. The SMILES string of the molecule is CCNC(c1ccc(C(F)(F)F)cc1)c1ncccc1C. The smallest absolute Gasteiger partial charge is 0.305 e. The van der Waals surface area contributed by atoms with Crippen LogP contribution >= 0.6 is 0 Å². The van der Waals surface area contributed by atoms with E-state index in [-0.39, 0.29) is 6.04 Å². The Bertz CT molecular complexity index is 591. The summed E-state index contributed by atoms with van der Waals surface area (Å²) in [5, 5.41) is 3.27. The van der Waals surface area contributed by atoms with Crippen molar-refractivity contribution in [3.8, 4) is 0 Å². The number of halogens is 3. The van der Waals surface area contributed by atoms with Crippen molar-refractivity contribution in [3.05, 3.63) is 65.0 Å². The summed E-state index contributed by atoms with van der Waals surface area (Å²) in [5.41, 5.74) is 1.97. The van der Waals surface area contributed by atoms with Crippen LogP contribution in [0.1, 0.15) is 35.3 Å². The van der Waals surface area contributed by atoms with Gasteiger partial charge in [-0.05, 0) is 42.8 Å². The standard InChI is InChI=1S/C16H17F3N2/c1-3-20-15(14-11(2)5-4-10-21-14)12-6-8-13(9-7-12)16(17,18)19/h4-10,15,20H,3H2,1-2H3. The average molecular weight is 294 g/mol. The van der Waals surface area contributed by atoms with Gasteiger partial charge in [0.05, 0.1) is 17.3 Å². The lowest BCUT2D eigenvalue weighted by Crippen LogP contribution is -2.24. The maximum atomic E-state index is 12.6. The van der Waals surface area contributed by atoms with Crippen molar-refractivity contribution in [1.29, 1.82) is 0 Å². The van der Waals surface area contributed by atoms with Gasteiger partial charge in [0.1, 0.15) is 0 Å². The minimum absolute atomic E-state index is 0.210. The molecule has 0 amide bonds. The highest BCUT2D eigenvalue weighted by atomic mass is 19.4. The third-order valence-electron chi connectivity index (χ3n) is 3.30. The maximum absolute atomic E-state index is 12.6. The summed E-state index contributed by atoms with van der Waals surface area (Å²) in [6.45, 7) is 4.59. The van der Waals surface area contributed by atoms with E-state index < -0.39 is 11.7 Å². The highest BCUT2D eigenvalue weighted by molar-refractivity contribution is 5.34. The fourth-order valence-electron chi connectivity index (χ4n) is 2.24. The third-order valence-corrected chi connectivity index (χ3v) is 3.30. The quantitative estimate of drug-likeness (QED) is 0.918.